The maximum Gasteiger partial charge on any atom is 0.243 e. The molecule has 0 bridgehead atoms. The fourth-order valence-electron chi connectivity index (χ4n) is 2.34. The molecule has 22 heavy (non-hydrogen) atoms. The maximum absolute atomic E-state index is 12.4. The largest absolute Gasteiger partial charge is 0.459 e. The first-order chi connectivity index (χ1) is 10.4. The molecule has 5 nitrogen and oxygen atoms in total. The minimum Gasteiger partial charge on any atom is -0.459 e. The minimum absolute atomic E-state index is 0.00627. The smallest absolute Gasteiger partial charge is 0.243 e. The van der Waals surface area contributed by atoms with Gasteiger partial charge in [0.05, 0.1) is 6.04 Å². The predicted molar refractivity (Wildman–Crippen MR) is 85.2 cm³/mol. The van der Waals surface area contributed by atoms with Crippen LogP contribution in [-0.2, 0) is 9.59 Å². The van der Waals surface area contributed by atoms with Crippen LogP contribution in [0.2, 0.25) is 0 Å². The van der Waals surface area contributed by atoms with E-state index in [1.165, 1.54) is 6.92 Å². The van der Waals surface area contributed by atoms with Crippen LogP contribution in [0.15, 0.2) is 34.7 Å². The van der Waals surface area contributed by atoms with E-state index < -0.39 is 6.04 Å². The summed E-state index contributed by atoms with van der Waals surface area (Å²) in [6.45, 7) is 7.06. The Bertz CT molecular complexity index is 642. The van der Waals surface area contributed by atoms with Gasteiger partial charge in [-0.3, -0.25) is 9.59 Å². The summed E-state index contributed by atoms with van der Waals surface area (Å²) in [6.07, 6.45) is 0. The van der Waals surface area contributed by atoms with Crippen molar-refractivity contribution in [2.24, 2.45) is 5.92 Å². The molecule has 0 aliphatic heterocycles. The van der Waals surface area contributed by atoms with Gasteiger partial charge in [-0.25, -0.2) is 0 Å². The number of hydrogen-bond donors (Lipinski definition) is 2. The first-order valence-corrected chi connectivity index (χ1v) is 7.44. The monoisotopic (exact) mass is 302 g/mol. The molecule has 2 atom stereocenters. The lowest BCUT2D eigenvalue weighted by Crippen LogP contribution is -2.49. The Morgan fingerprint density at radius 2 is 1.77 bits per heavy atom. The van der Waals surface area contributed by atoms with E-state index in [1.54, 1.807) is 0 Å². The van der Waals surface area contributed by atoms with Gasteiger partial charge < -0.3 is 15.1 Å². The summed E-state index contributed by atoms with van der Waals surface area (Å²) in [5.74, 6) is 0.273. The fraction of sp³-hybridized carbons (Fsp3) is 0.412. The lowest BCUT2D eigenvalue weighted by atomic mass is 10.0. The average molecular weight is 302 g/mol. The molecule has 2 amide bonds. The fourth-order valence-corrected chi connectivity index (χ4v) is 2.34. The number of para-hydroxylation sites is 1. The molecule has 0 fully saturated rings. The zero-order chi connectivity index (χ0) is 16.3. The molecular formula is C17H22N2O3. The highest BCUT2D eigenvalue weighted by atomic mass is 16.3. The number of carbonyl (C=O) groups excluding carboxylic acids is 2. The Balaban J connectivity index is 2.10. The number of nitrogens with one attached hydrogen (secondary N) is 2. The molecule has 0 spiro atoms. The van der Waals surface area contributed by atoms with Crippen LogP contribution in [0, 0.1) is 5.92 Å². The van der Waals surface area contributed by atoms with Crippen molar-refractivity contribution in [2.75, 3.05) is 0 Å². The Morgan fingerprint density at radius 3 is 2.36 bits per heavy atom. The molecule has 0 saturated heterocycles. The van der Waals surface area contributed by atoms with E-state index in [-0.39, 0.29) is 23.8 Å². The normalized spacial score (nSPS) is 13.9. The van der Waals surface area contributed by atoms with Crippen LogP contribution < -0.4 is 10.6 Å². The average Bonchev–Trinajstić information content (AvgIpc) is 2.88. The zero-order valence-corrected chi connectivity index (χ0v) is 13.3. The third kappa shape index (κ3) is 3.67. The second-order valence-electron chi connectivity index (χ2n) is 5.84. The van der Waals surface area contributed by atoms with Gasteiger partial charge in [0, 0.05) is 12.3 Å². The topological polar surface area (TPSA) is 71.3 Å². The van der Waals surface area contributed by atoms with Crippen molar-refractivity contribution in [3.05, 3.63) is 36.1 Å². The molecule has 2 rings (SSSR count). The van der Waals surface area contributed by atoms with E-state index in [1.807, 2.05) is 51.1 Å². The van der Waals surface area contributed by atoms with Crippen molar-refractivity contribution in [3.8, 4) is 0 Å². The van der Waals surface area contributed by atoms with E-state index in [4.69, 9.17) is 4.42 Å². The quantitative estimate of drug-likeness (QED) is 0.892. The first-order valence-electron chi connectivity index (χ1n) is 7.44. The Kier molecular flexibility index (Phi) is 4.85. The highest BCUT2D eigenvalue weighted by molar-refractivity contribution is 5.87. The van der Waals surface area contributed by atoms with Gasteiger partial charge >= 0.3 is 0 Å². The second kappa shape index (κ2) is 6.64. The molecule has 2 aromatic rings. The summed E-state index contributed by atoms with van der Waals surface area (Å²) >= 11 is 0. The first kappa shape index (κ1) is 16.1. The van der Waals surface area contributed by atoms with Crippen LogP contribution in [0.1, 0.15) is 39.5 Å². The van der Waals surface area contributed by atoms with Gasteiger partial charge in [-0.05, 0) is 25.0 Å². The SMILES string of the molecule is CC(=O)NC(C(=O)NC(C)c1cc2ccccc2o1)C(C)C. The van der Waals surface area contributed by atoms with E-state index in [9.17, 15) is 9.59 Å². The van der Waals surface area contributed by atoms with Gasteiger partial charge in [0.25, 0.3) is 0 Å². The van der Waals surface area contributed by atoms with Gasteiger partial charge in [0.2, 0.25) is 11.8 Å². The van der Waals surface area contributed by atoms with Crippen molar-refractivity contribution in [3.63, 3.8) is 0 Å². The number of fused-ring (bicyclic) bond motifs is 1. The molecule has 1 aromatic heterocycles. The number of carbonyl (C=O) groups is 2. The summed E-state index contributed by atoms with van der Waals surface area (Å²) in [6, 6.07) is 8.80. The molecule has 1 aromatic carbocycles. The molecule has 0 radical (unpaired) electrons. The Labute approximate surface area is 130 Å². The van der Waals surface area contributed by atoms with Gasteiger partial charge in [0.15, 0.2) is 0 Å². The van der Waals surface area contributed by atoms with Crippen molar-refractivity contribution < 1.29 is 14.0 Å². The molecule has 2 unspecified atom stereocenters. The van der Waals surface area contributed by atoms with Crippen LogP contribution in [0.3, 0.4) is 0 Å². The molecule has 0 aliphatic rings. The molecule has 2 N–H and O–H groups in total. The van der Waals surface area contributed by atoms with E-state index in [2.05, 4.69) is 10.6 Å². The van der Waals surface area contributed by atoms with E-state index >= 15 is 0 Å². The van der Waals surface area contributed by atoms with Crippen molar-refractivity contribution in [1.29, 1.82) is 0 Å². The van der Waals surface area contributed by atoms with Crippen LogP contribution in [0.4, 0.5) is 0 Å². The van der Waals surface area contributed by atoms with Crippen molar-refractivity contribution in [2.45, 2.75) is 39.8 Å². The van der Waals surface area contributed by atoms with Crippen LogP contribution in [0.25, 0.3) is 11.0 Å². The molecule has 0 aliphatic carbocycles. The van der Waals surface area contributed by atoms with Crippen LogP contribution >= 0.6 is 0 Å². The minimum atomic E-state index is -0.552. The van der Waals surface area contributed by atoms with Crippen LogP contribution in [-0.4, -0.2) is 17.9 Å². The van der Waals surface area contributed by atoms with E-state index in [0.717, 1.165) is 11.0 Å². The second-order valence-corrected chi connectivity index (χ2v) is 5.84. The predicted octanol–water partition coefficient (Wildman–Crippen LogP) is 2.77. The molecule has 1 heterocycles. The van der Waals surface area contributed by atoms with Gasteiger partial charge in [0.1, 0.15) is 17.4 Å². The van der Waals surface area contributed by atoms with E-state index in [0.29, 0.717) is 5.76 Å². The highest BCUT2D eigenvalue weighted by Crippen LogP contribution is 2.23. The summed E-state index contributed by atoms with van der Waals surface area (Å²) in [5, 5.41) is 6.58. The van der Waals surface area contributed by atoms with Gasteiger partial charge in [-0.2, -0.15) is 0 Å². The van der Waals surface area contributed by atoms with Crippen molar-refractivity contribution >= 4 is 22.8 Å². The molecule has 0 saturated carbocycles. The van der Waals surface area contributed by atoms with Gasteiger partial charge in [-0.1, -0.05) is 32.0 Å². The summed E-state index contributed by atoms with van der Waals surface area (Å²) < 4.78 is 5.75. The number of rotatable bonds is 5. The summed E-state index contributed by atoms with van der Waals surface area (Å²) in [7, 11) is 0. The number of furan rings is 1. The molecule has 5 heteroatoms. The summed E-state index contributed by atoms with van der Waals surface area (Å²) in [4.78, 5) is 23.6. The lowest BCUT2D eigenvalue weighted by molar-refractivity contribution is -0.129. The molecule has 118 valence electrons. The van der Waals surface area contributed by atoms with Gasteiger partial charge in [-0.15, -0.1) is 0 Å². The zero-order valence-electron chi connectivity index (χ0n) is 13.3. The maximum atomic E-state index is 12.4. The van der Waals surface area contributed by atoms with Crippen molar-refractivity contribution in [1.82, 2.24) is 10.6 Å². The molecular weight excluding hydrogens is 280 g/mol. The third-order valence-electron chi connectivity index (χ3n) is 3.54. The van der Waals surface area contributed by atoms with Crippen LogP contribution in [0.5, 0.6) is 0 Å². The number of benzene rings is 1. The standard InChI is InChI=1S/C17H22N2O3/c1-10(2)16(19-12(4)20)17(21)18-11(3)15-9-13-7-5-6-8-14(13)22-15/h5-11,16H,1-4H3,(H,18,21)(H,19,20). The summed E-state index contributed by atoms with van der Waals surface area (Å²) in [5.41, 5.74) is 0.792. The number of hydrogen-bond acceptors (Lipinski definition) is 3. The number of amides is 2. The Hall–Kier alpha value is -2.30. The highest BCUT2D eigenvalue weighted by Gasteiger charge is 2.25. The third-order valence-corrected chi connectivity index (χ3v) is 3.54. The lowest BCUT2D eigenvalue weighted by Gasteiger charge is -2.22. The Morgan fingerprint density at radius 1 is 1.09 bits per heavy atom.